The summed E-state index contributed by atoms with van der Waals surface area (Å²) in [5, 5.41) is 2.56. The monoisotopic (exact) mass is 418 g/mol. The highest BCUT2D eigenvalue weighted by Gasteiger charge is 2.33. The Bertz CT molecular complexity index is 1060. The van der Waals surface area contributed by atoms with Gasteiger partial charge in [-0.2, -0.15) is 13.2 Å². The number of para-hydroxylation sites is 2. The molecule has 0 atom stereocenters. The van der Waals surface area contributed by atoms with Crippen LogP contribution in [0.1, 0.15) is 15.9 Å². The SMILES string of the molecule is COc1ccccc1C(=O)NNc1ncnc(Nc2ccccc2C(F)(F)F)c1N. The van der Waals surface area contributed by atoms with Gasteiger partial charge in [-0.25, -0.2) is 9.97 Å². The second kappa shape index (κ2) is 8.55. The van der Waals surface area contributed by atoms with Crippen molar-refractivity contribution in [1.82, 2.24) is 15.4 Å². The van der Waals surface area contributed by atoms with Gasteiger partial charge in [0.15, 0.2) is 11.6 Å². The van der Waals surface area contributed by atoms with E-state index in [2.05, 4.69) is 26.1 Å². The van der Waals surface area contributed by atoms with Crippen molar-refractivity contribution >= 4 is 28.9 Å². The Morgan fingerprint density at radius 2 is 1.70 bits per heavy atom. The van der Waals surface area contributed by atoms with Gasteiger partial charge in [-0.3, -0.25) is 15.6 Å². The van der Waals surface area contributed by atoms with E-state index < -0.39 is 17.6 Å². The Morgan fingerprint density at radius 1 is 1.03 bits per heavy atom. The number of nitrogens with zero attached hydrogens (tertiary/aromatic N) is 2. The summed E-state index contributed by atoms with van der Waals surface area (Å²) in [5.74, 6) is -0.225. The average molecular weight is 418 g/mol. The van der Waals surface area contributed by atoms with Gasteiger partial charge in [-0.05, 0) is 24.3 Å². The van der Waals surface area contributed by atoms with E-state index in [4.69, 9.17) is 10.5 Å². The highest BCUT2D eigenvalue weighted by molar-refractivity contribution is 5.97. The van der Waals surface area contributed by atoms with Crippen molar-refractivity contribution in [2.24, 2.45) is 0 Å². The molecule has 0 spiro atoms. The normalized spacial score (nSPS) is 10.9. The number of anilines is 4. The number of amides is 1. The Balaban J connectivity index is 1.79. The Hall–Kier alpha value is -4.02. The van der Waals surface area contributed by atoms with Crippen LogP contribution in [0.4, 0.5) is 36.2 Å². The minimum Gasteiger partial charge on any atom is -0.496 e. The van der Waals surface area contributed by atoms with E-state index in [1.165, 1.54) is 25.3 Å². The van der Waals surface area contributed by atoms with Gasteiger partial charge in [0.2, 0.25) is 0 Å². The van der Waals surface area contributed by atoms with Crippen molar-refractivity contribution in [2.75, 3.05) is 23.6 Å². The van der Waals surface area contributed by atoms with E-state index in [1.807, 2.05) is 0 Å². The van der Waals surface area contributed by atoms with Gasteiger partial charge < -0.3 is 15.8 Å². The first-order chi connectivity index (χ1) is 14.3. The molecule has 1 heterocycles. The van der Waals surface area contributed by atoms with Crippen LogP contribution in [-0.4, -0.2) is 23.0 Å². The van der Waals surface area contributed by atoms with Gasteiger partial charge in [0.1, 0.15) is 17.8 Å². The van der Waals surface area contributed by atoms with E-state index in [9.17, 15) is 18.0 Å². The molecule has 0 fully saturated rings. The number of rotatable bonds is 6. The van der Waals surface area contributed by atoms with Crippen LogP contribution in [0.15, 0.2) is 54.9 Å². The number of ether oxygens (including phenoxy) is 1. The summed E-state index contributed by atoms with van der Waals surface area (Å²) in [7, 11) is 1.43. The minimum atomic E-state index is -4.56. The lowest BCUT2D eigenvalue weighted by atomic mass is 10.1. The van der Waals surface area contributed by atoms with Crippen LogP contribution in [0.25, 0.3) is 0 Å². The van der Waals surface area contributed by atoms with Crippen molar-refractivity contribution < 1.29 is 22.7 Å². The van der Waals surface area contributed by atoms with Crippen LogP contribution in [0.3, 0.4) is 0 Å². The Kier molecular flexibility index (Phi) is 5.90. The number of hydrazine groups is 1. The van der Waals surface area contributed by atoms with E-state index >= 15 is 0 Å². The summed E-state index contributed by atoms with van der Waals surface area (Å²) in [6.45, 7) is 0. The second-order valence-corrected chi connectivity index (χ2v) is 5.93. The molecule has 0 aliphatic carbocycles. The van der Waals surface area contributed by atoms with Gasteiger partial charge in [0, 0.05) is 0 Å². The molecule has 0 bridgehead atoms. The third kappa shape index (κ3) is 4.51. The number of nitrogens with two attached hydrogens (primary N) is 1. The fourth-order valence-electron chi connectivity index (χ4n) is 2.58. The first-order valence-electron chi connectivity index (χ1n) is 8.54. The number of hydrogen-bond donors (Lipinski definition) is 4. The first-order valence-corrected chi connectivity index (χ1v) is 8.54. The molecule has 156 valence electrons. The molecule has 0 aliphatic rings. The fourth-order valence-corrected chi connectivity index (χ4v) is 2.58. The minimum absolute atomic E-state index is 0.000220. The van der Waals surface area contributed by atoms with Crippen molar-refractivity contribution in [2.45, 2.75) is 6.18 Å². The van der Waals surface area contributed by atoms with Crippen LogP contribution in [0.5, 0.6) is 5.75 Å². The molecule has 1 amide bonds. The maximum Gasteiger partial charge on any atom is 0.418 e. The molecule has 2 aromatic carbocycles. The standard InChI is InChI=1S/C19H17F3N6O2/c1-30-14-9-5-2-6-11(14)18(29)28-27-17-15(23)16(24-10-25-17)26-13-8-4-3-7-12(13)19(20,21)22/h2-10H,23H2,1H3,(H,28,29)(H2,24,25,26,27). The number of nitrogens with one attached hydrogen (secondary N) is 3. The van der Waals surface area contributed by atoms with Crippen LogP contribution < -0.4 is 26.6 Å². The lowest BCUT2D eigenvalue weighted by molar-refractivity contribution is -0.136. The maximum atomic E-state index is 13.2. The highest BCUT2D eigenvalue weighted by Crippen LogP contribution is 2.36. The number of benzene rings is 2. The molecule has 0 unspecified atom stereocenters. The molecule has 0 radical (unpaired) electrons. The molecule has 30 heavy (non-hydrogen) atoms. The van der Waals surface area contributed by atoms with Gasteiger partial charge in [-0.1, -0.05) is 24.3 Å². The van der Waals surface area contributed by atoms with E-state index in [1.54, 1.807) is 24.3 Å². The topological polar surface area (TPSA) is 114 Å². The zero-order valence-corrected chi connectivity index (χ0v) is 15.6. The molecule has 0 saturated carbocycles. The number of aromatic nitrogens is 2. The lowest BCUT2D eigenvalue weighted by Gasteiger charge is -2.16. The quantitative estimate of drug-likeness (QED) is 0.453. The number of carbonyl (C=O) groups excluding carboxylic acids is 1. The van der Waals surface area contributed by atoms with Crippen LogP contribution in [0, 0.1) is 0 Å². The summed E-state index contributed by atoms with van der Waals surface area (Å²) < 4.78 is 44.7. The molecule has 8 nitrogen and oxygen atoms in total. The molecule has 5 N–H and O–H groups in total. The average Bonchev–Trinajstić information content (AvgIpc) is 2.73. The summed E-state index contributed by atoms with van der Waals surface area (Å²) in [5.41, 5.74) is 9.99. The van der Waals surface area contributed by atoms with Crippen LogP contribution in [0.2, 0.25) is 0 Å². The Labute approximate surface area is 169 Å². The van der Waals surface area contributed by atoms with Gasteiger partial charge in [-0.15, -0.1) is 0 Å². The van der Waals surface area contributed by atoms with E-state index in [0.717, 1.165) is 12.4 Å². The highest BCUT2D eigenvalue weighted by atomic mass is 19.4. The summed E-state index contributed by atoms with van der Waals surface area (Å²) in [6.07, 6.45) is -3.47. The number of halogens is 3. The largest absolute Gasteiger partial charge is 0.496 e. The van der Waals surface area contributed by atoms with Gasteiger partial charge in [0.05, 0.1) is 23.9 Å². The van der Waals surface area contributed by atoms with Crippen LogP contribution in [-0.2, 0) is 6.18 Å². The van der Waals surface area contributed by atoms with Gasteiger partial charge >= 0.3 is 6.18 Å². The summed E-state index contributed by atoms with van der Waals surface area (Å²) >= 11 is 0. The van der Waals surface area contributed by atoms with E-state index in [0.29, 0.717) is 5.75 Å². The fraction of sp³-hybridized carbons (Fsp3) is 0.105. The molecule has 3 rings (SSSR count). The molecule has 3 aromatic rings. The lowest BCUT2D eigenvalue weighted by Crippen LogP contribution is -2.30. The van der Waals surface area contributed by atoms with Crippen LogP contribution >= 0.6 is 0 Å². The first kappa shape index (κ1) is 20.7. The Morgan fingerprint density at radius 3 is 2.43 bits per heavy atom. The molecular formula is C19H17F3N6O2. The smallest absolute Gasteiger partial charge is 0.418 e. The summed E-state index contributed by atoms with van der Waals surface area (Å²) in [4.78, 5) is 20.1. The predicted octanol–water partition coefficient (Wildman–Crippen LogP) is 3.59. The second-order valence-electron chi connectivity index (χ2n) is 5.93. The number of nitrogen functional groups attached to an aromatic ring is 1. The van der Waals surface area contributed by atoms with Crippen molar-refractivity contribution in [3.63, 3.8) is 0 Å². The number of carbonyl (C=O) groups is 1. The van der Waals surface area contributed by atoms with Crippen molar-refractivity contribution in [3.05, 3.63) is 66.0 Å². The summed E-state index contributed by atoms with van der Waals surface area (Å²) in [6, 6.07) is 11.5. The molecular weight excluding hydrogens is 401 g/mol. The zero-order chi connectivity index (χ0) is 21.7. The number of methoxy groups -OCH3 is 1. The zero-order valence-electron chi connectivity index (χ0n) is 15.6. The number of hydrogen-bond acceptors (Lipinski definition) is 7. The van der Waals surface area contributed by atoms with E-state index in [-0.39, 0.29) is 28.6 Å². The maximum absolute atomic E-state index is 13.2. The molecule has 1 aromatic heterocycles. The molecule has 11 heteroatoms. The predicted molar refractivity (Wildman–Crippen MR) is 105 cm³/mol. The van der Waals surface area contributed by atoms with Gasteiger partial charge in [0.25, 0.3) is 5.91 Å². The number of alkyl halides is 3. The third-order valence-electron chi connectivity index (χ3n) is 4.02. The third-order valence-corrected chi connectivity index (χ3v) is 4.02. The molecule has 0 saturated heterocycles. The van der Waals surface area contributed by atoms with Crippen molar-refractivity contribution in [1.29, 1.82) is 0 Å². The van der Waals surface area contributed by atoms with Crippen molar-refractivity contribution in [3.8, 4) is 5.75 Å². The molecule has 0 aliphatic heterocycles.